The van der Waals surface area contributed by atoms with Crippen molar-refractivity contribution < 1.29 is 27.5 Å². The minimum atomic E-state index is -3.92. The number of rotatable bonds is 8. The number of para-hydroxylation sites is 1. The van der Waals surface area contributed by atoms with Gasteiger partial charge in [-0.2, -0.15) is 0 Å². The fraction of sp³-hybridized carbons (Fsp3) is 0.133. The summed E-state index contributed by atoms with van der Waals surface area (Å²) in [6.45, 7) is 0.316. The monoisotopic (exact) mass is 542 g/mol. The number of hydrogen-bond donors (Lipinski definition) is 1. The van der Waals surface area contributed by atoms with E-state index in [4.69, 9.17) is 9.47 Å². The van der Waals surface area contributed by atoms with Crippen LogP contribution in [0.3, 0.4) is 0 Å². The normalized spacial score (nSPS) is 13.3. The van der Waals surface area contributed by atoms with Gasteiger partial charge in [0, 0.05) is 23.9 Å². The molecule has 1 aliphatic rings. The minimum Gasteiger partial charge on any atom is -0.497 e. The van der Waals surface area contributed by atoms with E-state index < -0.39 is 28.0 Å². The van der Waals surface area contributed by atoms with Crippen LogP contribution in [0.2, 0.25) is 0 Å². The number of sulfonamides is 1. The van der Waals surface area contributed by atoms with E-state index >= 15 is 0 Å². The second kappa shape index (κ2) is 11.0. The number of methoxy groups -OCH3 is 1. The van der Waals surface area contributed by atoms with E-state index in [0.29, 0.717) is 35.7 Å². The number of ether oxygens (including phenoxy) is 2. The third-order valence-corrected chi connectivity index (χ3v) is 8.21. The molecule has 39 heavy (non-hydrogen) atoms. The van der Waals surface area contributed by atoms with Gasteiger partial charge in [0.05, 0.1) is 23.3 Å². The third kappa shape index (κ3) is 5.49. The first-order chi connectivity index (χ1) is 18.9. The van der Waals surface area contributed by atoms with Crippen LogP contribution in [0.25, 0.3) is 0 Å². The van der Waals surface area contributed by atoms with Crippen molar-refractivity contribution in [2.75, 3.05) is 23.3 Å². The lowest BCUT2D eigenvalue weighted by molar-refractivity contribution is -0.125. The summed E-state index contributed by atoms with van der Waals surface area (Å²) in [7, 11) is -2.40. The van der Waals surface area contributed by atoms with Crippen molar-refractivity contribution in [3.63, 3.8) is 0 Å². The van der Waals surface area contributed by atoms with Crippen LogP contribution in [0.4, 0.5) is 11.4 Å². The molecule has 4 aromatic rings. The van der Waals surface area contributed by atoms with Crippen molar-refractivity contribution in [2.24, 2.45) is 0 Å². The predicted octanol–water partition coefficient (Wildman–Crippen LogP) is 4.98. The maximum Gasteiger partial charge on any atom is 0.339 e. The van der Waals surface area contributed by atoms with Gasteiger partial charge in [0.15, 0.2) is 0 Å². The summed E-state index contributed by atoms with van der Waals surface area (Å²) >= 11 is 0. The second-order valence-electron chi connectivity index (χ2n) is 8.90. The highest BCUT2D eigenvalue weighted by Crippen LogP contribution is 2.33. The zero-order chi connectivity index (χ0) is 27.4. The van der Waals surface area contributed by atoms with Crippen molar-refractivity contribution in [1.29, 1.82) is 0 Å². The molecule has 1 amide bonds. The molecule has 1 heterocycles. The predicted molar refractivity (Wildman–Crippen MR) is 147 cm³/mol. The van der Waals surface area contributed by atoms with Gasteiger partial charge >= 0.3 is 5.97 Å². The van der Waals surface area contributed by atoms with Gasteiger partial charge in [-0.15, -0.1) is 0 Å². The molecule has 0 radical (unpaired) electrons. The average Bonchev–Trinajstić information content (AvgIpc) is 3.41. The topological polar surface area (TPSA) is 102 Å². The van der Waals surface area contributed by atoms with Crippen LogP contribution in [0.5, 0.6) is 5.75 Å². The number of amides is 1. The van der Waals surface area contributed by atoms with E-state index in [1.165, 1.54) is 35.7 Å². The highest BCUT2D eigenvalue weighted by molar-refractivity contribution is 7.92. The van der Waals surface area contributed by atoms with Crippen LogP contribution < -0.4 is 14.4 Å². The second-order valence-corrected chi connectivity index (χ2v) is 10.8. The molecule has 0 bridgehead atoms. The number of carbonyl (C=O) groups is 2. The lowest BCUT2D eigenvalue weighted by atomic mass is 10.1. The van der Waals surface area contributed by atoms with E-state index in [9.17, 15) is 18.0 Å². The molecular weight excluding hydrogens is 516 g/mol. The van der Waals surface area contributed by atoms with E-state index in [-0.39, 0.29) is 10.5 Å². The summed E-state index contributed by atoms with van der Waals surface area (Å²) in [5.41, 5.74) is 2.52. The first-order valence-corrected chi connectivity index (χ1v) is 13.7. The smallest absolute Gasteiger partial charge is 0.339 e. The van der Waals surface area contributed by atoms with Crippen molar-refractivity contribution >= 4 is 33.3 Å². The molecule has 8 nitrogen and oxygen atoms in total. The number of nitrogens with one attached hydrogen (secondary N) is 1. The Kier molecular flexibility index (Phi) is 7.33. The maximum absolute atomic E-state index is 13.5. The SMILES string of the molecule is COc1cccc(NC(=O)[C@H](OC(=O)c2cccc(S(=O)(=O)N3CCc4ccccc43)c2)c2ccccc2)c1. The molecule has 1 N–H and O–H groups in total. The van der Waals surface area contributed by atoms with Crippen LogP contribution in [0, 0.1) is 0 Å². The summed E-state index contributed by atoms with van der Waals surface area (Å²) in [5, 5.41) is 2.76. The first kappa shape index (κ1) is 26.0. The molecule has 0 fully saturated rings. The number of carbonyl (C=O) groups excluding carboxylic acids is 2. The fourth-order valence-corrected chi connectivity index (χ4v) is 6.00. The van der Waals surface area contributed by atoms with Gasteiger partial charge in [0.1, 0.15) is 5.75 Å². The molecule has 0 spiro atoms. The van der Waals surface area contributed by atoms with E-state index in [1.807, 2.05) is 12.1 Å². The zero-order valence-electron chi connectivity index (χ0n) is 21.1. The van der Waals surface area contributed by atoms with Gasteiger partial charge < -0.3 is 14.8 Å². The molecule has 0 saturated heterocycles. The Morgan fingerprint density at radius 1 is 0.872 bits per heavy atom. The van der Waals surface area contributed by atoms with Crippen LogP contribution in [0.1, 0.15) is 27.6 Å². The molecule has 1 aliphatic heterocycles. The van der Waals surface area contributed by atoms with Crippen molar-refractivity contribution in [3.05, 3.63) is 120 Å². The lowest BCUT2D eigenvalue weighted by Gasteiger charge is -2.20. The third-order valence-electron chi connectivity index (χ3n) is 6.40. The van der Waals surface area contributed by atoms with Crippen molar-refractivity contribution in [1.82, 2.24) is 0 Å². The van der Waals surface area contributed by atoms with Crippen LogP contribution in [-0.4, -0.2) is 33.9 Å². The number of hydrogen-bond acceptors (Lipinski definition) is 6. The van der Waals surface area contributed by atoms with Gasteiger partial charge in [0.25, 0.3) is 15.9 Å². The highest BCUT2D eigenvalue weighted by Gasteiger charge is 2.32. The molecule has 0 saturated carbocycles. The maximum atomic E-state index is 13.5. The molecule has 198 valence electrons. The molecule has 5 rings (SSSR count). The summed E-state index contributed by atoms with van der Waals surface area (Å²) in [6.07, 6.45) is -0.672. The quantitative estimate of drug-likeness (QED) is 0.315. The molecule has 0 unspecified atom stereocenters. The number of fused-ring (bicyclic) bond motifs is 1. The van der Waals surface area contributed by atoms with E-state index in [0.717, 1.165) is 5.56 Å². The van der Waals surface area contributed by atoms with Gasteiger partial charge in [0.2, 0.25) is 6.10 Å². The van der Waals surface area contributed by atoms with Crippen LogP contribution in [0.15, 0.2) is 108 Å². The van der Waals surface area contributed by atoms with Crippen LogP contribution in [-0.2, 0) is 26.0 Å². The number of benzene rings is 4. The Labute approximate surface area is 226 Å². The Bertz CT molecular complexity index is 1620. The largest absolute Gasteiger partial charge is 0.497 e. The molecule has 9 heteroatoms. The minimum absolute atomic E-state index is 0.0127. The number of nitrogens with zero attached hydrogens (tertiary/aromatic N) is 1. The van der Waals surface area contributed by atoms with Gasteiger partial charge in [-0.3, -0.25) is 9.10 Å². The Hall–Kier alpha value is -4.63. The lowest BCUT2D eigenvalue weighted by Crippen LogP contribution is -2.29. The first-order valence-electron chi connectivity index (χ1n) is 12.3. The molecule has 4 aromatic carbocycles. The van der Waals surface area contributed by atoms with Crippen molar-refractivity contribution in [2.45, 2.75) is 17.4 Å². The fourth-order valence-electron chi connectivity index (χ4n) is 4.45. The standard InChI is InChI=1S/C30H26N2O6S/c1-37-25-14-8-13-24(20-25)31-29(33)28(22-10-3-2-4-11-22)38-30(34)23-12-7-15-26(19-23)39(35,36)32-18-17-21-9-5-6-16-27(21)32/h2-16,19-20,28H,17-18H2,1H3,(H,31,33)/t28-/m1/s1. The Morgan fingerprint density at radius 3 is 2.41 bits per heavy atom. The highest BCUT2D eigenvalue weighted by atomic mass is 32.2. The Balaban J connectivity index is 1.40. The Morgan fingerprint density at radius 2 is 1.62 bits per heavy atom. The average molecular weight is 543 g/mol. The molecular formula is C30H26N2O6S. The van der Waals surface area contributed by atoms with Crippen LogP contribution >= 0.6 is 0 Å². The molecule has 0 aliphatic carbocycles. The summed E-state index contributed by atoms with van der Waals surface area (Å²) < 4.78 is 39.2. The van der Waals surface area contributed by atoms with Gasteiger partial charge in [-0.1, -0.05) is 60.7 Å². The summed E-state index contributed by atoms with van der Waals surface area (Å²) in [5.74, 6) is -0.844. The molecule has 0 aromatic heterocycles. The summed E-state index contributed by atoms with van der Waals surface area (Å²) in [6, 6.07) is 28.4. The van der Waals surface area contributed by atoms with Crippen molar-refractivity contribution in [3.8, 4) is 5.75 Å². The van der Waals surface area contributed by atoms with E-state index in [1.54, 1.807) is 66.7 Å². The van der Waals surface area contributed by atoms with E-state index in [2.05, 4.69) is 5.32 Å². The molecule has 1 atom stereocenters. The van der Waals surface area contributed by atoms with Gasteiger partial charge in [-0.05, 0) is 48.4 Å². The number of esters is 1. The number of anilines is 2. The zero-order valence-corrected chi connectivity index (χ0v) is 21.9. The summed E-state index contributed by atoms with van der Waals surface area (Å²) in [4.78, 5) is 26.5. The van der Waals surface area contributed by atoms with Gasteiger partial charge in [-0.25, -0.2) is 13.2 Å².